The number of tetrazole rings is 1. The van der Waals surface area contributed by atoms with Gasteiger partial charge in [0, 0.05) is 18.2 Å². The summed E-state index contributed by atoms with van der Waals surface area (Å²) >= 11 is 0. The van der Waals surface area contributed by atoms with Gasteiger partial charge in [0.05, 0.1) is 5.69 Å². The maximum absolute atomic E-state index is 12.3. The SMILES string of the molecule is CC(=O)Nc1ccc(-c2cc(C)cc(C(=O)Nc3nn[nH]n3)n2)cc1. The minimum absolute atomic E-state index is 0.0783. The summed E-state index contributed by atoms with van der Waals surface area (Å²) in [6.07, 6.45) is 0. The van der Waals surface area contributed by atoms with E-state index in [1.807, 2.05) is 25.1 Å². The number of carbonyl (C=O) groups excluding carboxylic acids is 2. The Kier molecular flexibility index (Phi) is 4.46. The van der Waals surface area contributed by atoms with E-state index in [9.17, 15) is 9.59 Å². The van der Waals surface area contributed by atoms with Gasteiger partial charge in [-0.2, -0.15) is 5.21 Å². The third kappa shape index (κ3) is 4.02. The average molecular weight is 337 g/mol. The Labute approximate surface area is 142 Å². The van der Waals surface area contributed by atoms with Crippen LogP contribution in [-0.2, 0) is 4.79 Å². The van der Waals surface area contributed by atoms with Crippen molar-refractivity contribution in [2.75, 3.05) is 10.6 Å². The van der Waals surface area contributed by atoms with Gasteiger partial charge in [-0.3, -0.25) is 14.9 Å². The Morgan fingerprint density at radius 1 is 1.08 bits per heavy atom. The van der Waals surface area contributed by atoms with E-state index in [0.29, 0.717) is 11.4 Å². The van der Waals surface area contributed by atoms with Gasteiger partial charge in [0.25, 0.3) is 11.9 Å². The van der Waals surface area contributed by atoms with Crippen LogP contribution in [0.25, 0.3) is 11.3 Å². The van der Waals surface area contributed by atoms with Crippen molar-refractivity contribution < 1.29 is 9.59 Å². The monoisotopic (exact) mass is 337 g/mol. The van der Waals surface area contributed by atoms with E-state index in [1.54, 1.807) is 18.2 Å². The second kappa shape index (κ2) is 6.87. The molecule has 0 aliphatic carbocycles. The van der Waals surface area contributed by atoms with Crippen LogP contribution in [0.1, 0.15) is 23.0 Å². The van der Waals surface area contributed by atoms with Crippen molar-refractivity contribution >= 4 is 23.5 Å². The second-order valence-electron chi connectivity index (χ2n) is 5.36. The molecule has 0 unspecified atom stereocenters. The molecule has 0 aliphatic rings. The smallest absolute Gasteiger partial charge is 0.276 e. The van der Waals surface area contributed by atoms with E-state index in [0.717, 1.165) is 11.1 Å². The quantitative estimate of drug-likeness (QED) is 0.666. The first-order chi connectivity index (χ1) is 12.0. The summed E-state index contributed by atoms with van der Waals surface area (Å²) in [5.41, 5.74) is 3.29. The van der Waals surface area contributed by atoms with Crippen LogP contribution in [0.2, 0.25) is 0 Å². The summed E-state index contributed by atoms with van der Waals surface area (Å²) in [5.74, 6) is -0.488. The molecule has 3 aromatic rings. The van der Waals surface area contributed by atoms with Gasteiger partial charge >= 0.3 is 0 Å². The molecule has 2 aromatic heterocycles. The van der Waals surface area contributed by atoms with Crippen LogP contribution < -0.4 is 10.6 Å². The highest BCUT2D eigenvalue weighted by atomic mass is 16.2. The molecule has 2 heterocycles. The number of rotatable bonds is 4. The van der Waals surface area contributed by atoms with Crippen molar-refractivity contribution in [2.45, 2.75) is 13.8 Å². The Balaban J connectivity index is 1.86. The number of benzene rings is 1. The molecule has 0 saturated heterocycles. The highest BCUT2D eigenvalue weighted by Gasteiger charge is 2.13. The third-order valence-electron chi connectivity index (χ3n) is 3.27. The maximum atomic E-state index is 12.3. The second-order valence-corrected chi connectivity index (χ2v) is 5.36. The minimum Gasteiger partial charge on any atom is -0.326 e. The number of anilines is 2. The number of aromatic amines is 1. The van der Waals surface area contributed by atoms with E-state index in [4.69, 9.17) is 0 Å². The van der Waals surface area contributed by atoms with Crippen LogP contribution in [0.4, 0.5) is 11.6 Å². The molecule has 0 bridgehead atoms. The lowest BCUT2D eigenvalue weighted by Gasteiger charge is -2.08. The summed E-state index contributed by atoms with van der Waals surface area (Å²) in [4.78, 5) is 27.7. The van der Waals surface area contributed by atoms with Gasteiger partial charge < -0.3 is 5.32 Å². The molecule has 3 N–H and O–H groups in total. The fourth-order valence-corrected chi connectivity index (χ4v) is 2.24. The summed E-state index contributed by atoms with van der Waals surface area (Å²) in [6.45, 7) is 3.33. The number of amides is 2. The van der Waals surface area contributed by atoms with Crippen molar-refractivity contribution in [3.05, 3.63) is 47.7 Å². The Bertz CT molecular complexity index is 905. The first-order valence-corrected chi connectivity index (χ1v) is 7.43. The first-order valence-electron chi connectivity index (χ1n) is 7.43. The van der Waals surface area contributed by atoms with Gasteiger partial charge in [-0.05, 0) is 42.0 Å². The topological polar surface area (TPSA) is 126 Å². The molecule has 1 aromatic carbocycles. The van der Waals surface area contributed by atoms with Gasteiger partial charge in [-0.15, -0.1) is 5.10 Å². The molecule has 0 radical (unpaired) electrons. The van der Waals surface area contributed by atoms with Crippen molar-refractivity contribution in [1.82, 2.24) is 25.6 Å². The molecular formula is C16H15N7O2. The van der Waals surface area contributed by atoms with Crippen LogP contribution in [0.3, 0.4) is 0 Å². The number of hydrogen-bond donors (Lipinski definition) is 3. The molecule has 0 atom stereocenters. The zero-order valence-electron chi connectivity index (χ0n) is 13.6. The molecule has 0 saturated carbocycles. The minimum atomic E-state index is -0.429. The molecule has 0 fully saturated rings. The number of hydrogen-bond acceptors (Lipinski definition) is 6. The number of aryl methyl sites for hydroxylation is 1. The van der Waals surface area contributed by atoms with Crippen LogP contribution >= 0.6 is 0 Å². The first kappa shape index (κ1) is 16.2. The number of carbonyl (C=O) groups is 2. The Hall–Kier alpha value is -3.62. The summed E-state index contributed by atoms with van der Waals surface area (Å²) < 4.78 is 0. The van der Waals surface area contributed by atoms with E-state index in [-0.39, 0.29) is 17.5 Å². The fourth-order valence-electron chi connectivity index (χ4n) is 2.24. The van der Waals surface area contributed by atoms with Gasteiger partial charge in [-0.1, -0.05) is 17.2 Å². The van der Waals surface area contributed by atoms with Crippen LogP contribution in [0.5, 0.6) is 0 Å². The molecule has 9 heteroatoms. The van der Waals surface area contributed by atoms with E-state index < -0.39 is 5.91 Å². The summed E-state index contributed by atoms with van der Waals surface area (Å²) in [5, 5.41) is 18.2. The number of nitrogens with zero attached hydrogens (tertiary/aromatic N) is 4. The highest BCUT2D eigenvalue weighted by Crippen LogP contribution is 2.21. The lowest BCUT2D eigenvalue weighted by molar-refractivity contribution is -0.114. The number of H-pyrrole nitrogens is 1. The van der Waals surface area contributed by atoms with E-state index in [1.165, 1.54) is 6.92 Å². The maximum Gasteiger partial charge on any atom is 0.276 e. The van der Waals surface area contributed by atoms with Gasteiger partial charge in [0.15, 0.2) is 0 Å². The Morgan fingerprint density at radius 2 is 1.84 bits per heavy atom. The highest BCUT2D eigenvalue weighted by molar-refractivity contribution is 6.02. The molecule has 2 amide bonds. The molecule has 0 spiro atoms. The van der Waals surface area contributed by atoms with Gasteiger partial charge in [0.1, 0.15) is 5.69 Å². The lowest BCUT2D eigenvalue weighted by Crippen LogP contribution is -2.15. The largest absolute Gasteiger partial charge is 0.326 e. The predicted molar refractivity (Wildman–Crippen MR) is 90.8 cm³/mol. The Morgan fingerprint density at radius 3 is 2.48 bits per heavy atom. The molecule has 9 nitrogen and oxygen atoms in total. The molecule has 0 aliphatic heterocycles. The molecule has 3 rings (SSSR count). The third-order valence-corrected chi connectivity index (χ3v) is 3.27. The lowest BCUT2D eigenvalue weighted by atomic mass is 10.1. The van der Waals surface area contributed by atoms with E-state index in [2.05, 4.69) is 36.2 Å². The number of nitrogens with one attached hydrogen (secondary N) is 3. The average Bonchev–Trinajstić information content (AvgIpc) is 3.07. The normalized spacial score (nSPS) is 10.3. The fraction of sp³-hybridized carbons (Fsp3) is 0.125. The summed E-state index contributed by atoms with van der Waals surface area (Å²) in [6, 6.07) is 10.8. The van der Waals surface area contributed by atoms with Gasteiger partial charge in [0.2, 0.25) is 5.91 Å². The van der Waals surface area contributed by atoms with Crippen molar-refractivity contribution in [3.8, 4) is 11.3 Å². The molecular weight excluding hydrogens is 322 g/mol. The van der Waals surface area contributed by atoms with Crippen LogP contribution in [-0.4, -0.2) is 37.4 Å². The zero-order chi connectivity index (χ0) is 17.8. The van der Waals surface area contributed by atoms with Gasteiger partial charge in [-0.25, -0.2) is 4.98 Å². The number of aromatic nitrogens is 5. The molecule has 126 valence electrons. The van der Waals surface area contributed by atoms with Crippen molar-refractivity contribution in [2.24, 2.45) is 0 Å². The van der Waals surface area contributed by atoms with Crippen LogP contribution in [0.15, 0.2) is 36.4 Å². The standard InChI is InChI=1S/C16H15N7O2/c1-9-7-13(11-3-5-12(6-4-11)17-10(2)24)18-14(8-9)15(25)19-16-20-22-23-21-16/h3-8H,1-2H3,(H,17,24)(H2,19,20,21,22,23,25). The van der Waals surface area contributed by atoms with Crippen LogP contribution in [0, 0.1) is 6.92 Å². The van der Waals surface area contributed by atoms with Crippen molar-refractivity contribution in [1.29, 1.82) is 0 Å². The summed E-state index contributed by atoms with van der Waals surface area (Å²) in [7, 11) is 0. The van der Waals surface area contributed by atoms with E-state index >= 15 is 0 Å². The zero-order valence-corrected chi connectivity index (χ0v) is 13.6. The number of pyridine rings is 1. The molecule has 25 heavy (non-hydrogen) atoms. The predicted octanol–water partition coefficient (Wildman–Crippen LogP) is 1.78. The van der Waals surface area contributed by atoms with Crippen molar-refractivity contribution in [3.63, 3.8) is 0 Å².